The van der Waals surface area contributed by atoms with Crippen LogP contribution in [0, 0.1) is 11.3 Å². The normalized spacial score (nSPS) is 18.8. The summed E-state index contributed by atoms with van der Waals surface area (Å²) in [6, 6.07) is 7.96. The summed E-state index contributed by atoms with van der Waals surface area (Å²) in [6.07, 6.45) is 0.0581. The summed E-state index contributed by atoms with van der Waals surface area (Å²) in [7, 11) is 0. The van der Waals surface area contributed by atoms with Crippen molar-refractivity contribution >= 4 is 11.8 Å². The lowest BCUT2D eigenvalue weighted by Gasteiger charge is -2.24. The molecular formula is C14H18N2O2S. The maximum absolute atomic E-state index is 9.28. The number of morpholine rings is 1. The monoisotopic (exact) mass is 278 g/mol. The molecule has 0 bridgehead atoms. The van der Waals surface area contributed by atoms with Crippen LogP contribution < -0.4 is 10.1 Å². The molecule has 0 spiro atoms. The minimum absolute atomic E-state index is 0.0581. The zero-order valence-electron chi connectivity index (χ0n) is 11.0. The molecule has 1 aromatic rings. The van der Waals surface area contributed by atoms with Crippen LogP contribution in [0.25, 0.3) is 0 Å². The molecule has 1 aliphatic heterocycles. The highest BCUT2D eigenvalue weighted by Gasteiger charge is 2.16. The molecule has 2 rings (SSSR count). The Morgan fingerprint density at radius 3 is 3.16 bits per heavy atom. The minimum atomic E-state index is 0.0581. The van der Waals surface area contributed by atoms with Crippen molar-refractivity contribution in [2.45, 2.75) is 17.9 Å². The second-order valence-corrected chi connectivity index (χ2v) is 5.49. The molecular weight excluding hydrogens is 260 g/mol. The maximum Gasteiger partial charge on any atom is 0.138 e. The first-order chi connectivity index (χ1) is 9.35. The van der Waals surface area contributed by atoms with Crippen LogP contribution in [-0.2, 0) is 4.74 Å². The smallest absolute Gasteiger partial charge is 0.138 e. The van der Waals surface area contributed by atoms with Crippen LogP contribution in [0.3, 0.4) is 0 Å². The summed E-state index contributed by atoms with van der Waals surface area (Å²) in [5.74, 6) is 1.59. The Bertz CT molecular complexity index is 453. The van der Waals surface area contributed by atoms with Gasteiger partial charge in [0.1, 0.15) is 30.1 Å². The average Bonchev–Trinajstić information content (AvgIpc) is 2.46. The second kappa shape index (κ2) is 7.39. The zero-order chi connectivity index (χ0) is 13.5. The molecule has 0 amide bonds. The fourth-order valence-electron chi connectivity index (χ4n) is 1.93. The molecule has 1 heterocycles. The second-order valence-electron chi connectivity index (χ2n) is 4.18. The molecule has 1 atom stereocenters. The van der Waals surface area contributed by atoms with Gasteiger partial charge in [-0.15, -0.1) is 11.8 Å². The molecule has 4 nitrogen and oxygen atoms in total. The van der Waals surface area contributed by atoms with Crippen molar-refractivity contribution in [3.05, 3.63) is 23.8 Å². The molecule has 1 fully saturated rings. The maximum atomic E-state index is 9.28. The van der Waals surface area contributed by atoms with Crippen LogP contribution in [0.2, 0.25) is 0 Å². The number of hydrogen-bond acceptors (Lipinski definition) is 5. The molecule has 0 saturated carbocycles. The van der Waals surface area contributed by atoms with Crippen molar-refractivity contribution in [1.29, 1.82) is 5.26 Å². The lowest BCUT2D eigenvalue weighted by molar-refractivity contribution is 0.0000954. The molecule has 1 aromatic carbocycles. The Labute approximate surface area is 118 Å². The average molecular weight is 278 g/mol. The summed E-state index contributed by atoms with van der Waals surface area (Å²) >= 11 is 1.66. The number of nitrogens with one attached hydrogen (secondary N) is 1. The van der Waals surface area contributed by atoms with Gasteiger partial charge in [-0.1, -0.05) is 13.0 Å². The topological polar surface area (TPSA) is 54.3 Å². The molecule has 1 aliphatic rings. The standard InChI is InChI=1S/C14H18N2O2S/c1-2-19-14-5-3-4-13(12(14)8-15)18-10-11-9-16-6-7-17-11/h3-5,11,16H,2,6-7,9-10H2,1H3. The van der Waals surface area contributed by atoms with Crippen molar-refractivity contribution < 1.29 is 9.47 Å². The predicted molar refractivity (Wildman–Crippen MR) is 75.7 cm³/mol. The molecule has 19 heavy (non-hydrogen) atoms. The van der Waals surface area contributed by atoms with Crippen LogP contribution >= 0.6 is 11.8 Å². The third-order valence-corrected chi connectivity index (χ3v) is 3.77. The van der Waals surface area contributed by atoms with Gasteiger partial charge in [0, 0.05) is 18.0 Å². The van der Waals surface area contributed by atoms with Gasteiger partial charge in [-0.05, 0) is 17.9 Å². The molecule has 1 unspecified atom stereocenters. The van der Waals surface area contributed by atoms with Crippen LogP contribution in [0.15, 0.2) is 23.1 Å². The van der Waals surface area contributed by atoms with Crippen LogP contribution in [0.5, 0.6) is 5.75 Å². The third kappa shape index (κ3) is 3.87. The molecule has 102 valence electrons. The van der Waals surface area contributed by atoms with E-state index < -0.39 is 0 Å². The largest absolute Gasteiger partial charge is 0.489 e. The third-order valence-electron chi connectivity index (χ3n) is 2.83. The first-order valence-corrected chi connectivity index (χ1v) is 7.44. The summed E-state index contributed by atoms with van der Waals surface area (Å²) in [5.41, 5.74) is 0.623. The van der Waals surface area contributed by atoms with E-state index in [1.165, 1.54) is 0 Å². The Morgan fingerprint density at radius 1 is 1.58 bits per heavy atom. The van der Waals surface area contributed by atoms with Gasteiger partial charge in [0.05, 0.1) is 6.61 Å². The minimum Gasteiger partial charge on any atom is -0.489 e. The summed E-state index contributed by atoms with van der Waals surface area (Å²) in [4.78, 5) is 0.977. The highest BCUT2D eigenvalue weighted by atomic mass is 32.2. The summed E-state index contributed by atoms with van der Waals surface area (Å²) in [6.45, 7) is 4.95. The molecule has 0 radical (unpaired) electrons. The number of rotatable bonds is 5. The molecule has 0 aliphatic carbocycles. The number of benzene rings is 1. The lowest BCUT2D eigenvalue weighted by atomic mass is 10.2. The van der Waals surface area contributed by atoms with Crippen molar-refractivity contribution in [1.82, 2.24) is 5.32 Å². The van der Waals surface area contributed by atoms with E-state index in [0.717, 1.165) is 23.7 Å². The summed E-state index contributed by atoms with van der Waals surface area (Å²) < 4.78 is 11.3. The molecule has 5 heteroatoms. The van der Waals surface area contributed by atoms with Gasteiger partial charge < -0.3 is 14.8 Å². The fraction of sp³-hybridized carbons (Fsp3) is 0.500. The zero-order valence-corrected chi connectivity index (χ0v) is 11.8. The lowest BCUT2D eigenvalue weighted by Crippen LogP contribution is -2.41. The van der Waals surface area contributed by atoms with E-state index in [2.05, 4.69) is 18.3 Å². The van der Waals surface area contributed by atoms with Crippen molar-refractivity contribution in [2.24, 2.45) is 0 Å². The van der Waals surface area contributed by atoms with E-state index in [0.29, 0.717) is 24.5 Å². The molecule has 1 saturated heterocycles. The molecule has 1 N–H and O–H groups in total. The van der Waals surface area contributed by atoms with Gasteiger partial charge in [-0.2, -0.15) is 5.26 Å². The van der Waals surface area contributed by atoms with E-state index in [4.69, 9.17) is 9.47 Å². The number of nitriles is 1. The quantitative estimate of drug-likeness (QED) is 0.835. The Kier molecular flexibility index (Phi) is 5.52. The SMILES string of the molecule is CCSc1cccc(OCC2CNCCO2)c1C#N. The first-order valence-electron chi connectivity index (χ1n) is 6.46. The highest BCUT2D eigenvalue weighted by molar-refractivity contribution is 7.99. The first kappa shape index (κ1) is 14.2. The van der Waals surface area contributed by atoms with E-state index in [1.54, 1.807) is 11.8 Å². The predicted octanol–water partition coefficient (Wildman–Crippen LogP) is 2.04. The Morgan fingerprint density at radius 2 is 2.47 bits per heavy atom. The number of hydrogen-bond donors (Lipinski definition) is 1. The van der Waals surface area contributed by atoms with E-state index >= 15 is 0 Å². The van der Waals surface area contributed by atoms with Gasteiger partial charge in [0.25, 0.3) is 0 Å². The van der Waals surface area contributed by atoms with Crippen molar-refractivity contribution in [2.75, 3.05) is 32.1 Å². The summed E-state index contributed by atoms with van der Waals surface area (Å²) in [5, 5.41) is 12.5. The van der Waals surface area contributed by atoms with Gasteiger partial charge >= 0.3 is 0 Å². The van der Waals surface area contributed by atoms with Crippen LogP contribution in [0.1, 0.15) is 12.5 Å². The van der Waals surface area contributed by atoms with E-state index in [-0.39, 0.29) is 6.10 Å². The van der Waals surface area contributed by atoms with Gasteiger partial charge in [0.15, 0.2) is 0 Å². The number of nitrogens with zero attached hydrogens (tertiary/aromatic N) is 1. The highest BCUT2D eigenvalue weighted by Crippen LogP contribution is 2.29. The molecule has 0 aromatic heterocycles. The van der Waals surface area contributed by atoms with Crippen LogP contribution in [-0.4, -0.2) is 38.2 Å². The van der Waals surface area contributed by atoms with E-state index in [1.807, 2.05) is 18.2 Å². The van der Waals surface area contributed by atoms with Gasteiger partial charge in [0.2, 0.25) is 0 Å². The van der Waals surface area contributed by atoms with Crippen molar-refractivity contribution in [3.63, 3.8) is 0 Å². The Hall–Kier alpha value is -1.22. The number of thioether (sulfide) groups is 1. The Balaban J connectivity index is 2.02. The van der Waals surface area contributed by atoms with Crippen LogP contribution in [0.4, 0.5) is 0 Å². The fourth-order valence-corrected chi connectivity index (χ4v) is 2.70. The van der Waals surface area contributed by atoms with Crippen molar-refractivity contribution in [3.8, 4) is 11.8 Å². The van der Waals surface area contributed by atoms with E-state index in [9.17, 15) is 5.26 Å². The number of ether oxygens (including phenoxy) is 2. The van der Waals surface area contributed by atoms with Gasteiger partial charge in [-0.25, -0.2) is 0 Å². The van der Waals surface area contributed by atoms with Gasteiger partial charge in [-0.3, -0.25) is 0 Å².